The van der Waals surface area contributed by atoms with Crippen molar-refractivity contribution in [3.8, 4) is 0 Å². The maximum atomic E-state index is 11.8. The highest BCUT2D eigenvalue weighted by Crippen LogP contribution is 2.09. The van der Waals surface area contributed by atoms with Crippen molar-refractivity contribution in [3.05, 3.63) is 35.4 Å². The molecule has 0 saturated heterocycles. The van der Waals surface area contributed by atoms with Gasteiger partial charge in [0.1, 0.15) is 0 Å². The molecule has 0 aliphatic rings. The molecule has 0 fully saturated rings. The number of rotatable bonds is 2. The van der Waals surface area contributed by atoms with E-state index in [4.69, 9.17) is 8.22 Å². The lowest BCUT2D eigenvalue weighted by atomic mass is 10.1. The van der Waals surface area contributed by atoms with E-state index in [-0.39, 0.29) is 5.56 Å². The van der Waals surface area contributed by atoms with E-state index in [0.29, 0.717) is 5.56 Å². The molecule has 0 N–H and O–H groups in total. The molecule has 2 heteroatoms. The van der Waals surface area contributed by atoms with Crippen molar-refractivity contribution < 1.29 is 17.8 Å². The highest BCUT2D eigenvalue weighted by Gasteiger charge is 2.10. The first kappa shape index (κ1) is 4.27. The predicted octanol–water partition coefficient (Wildman–Crippen LogP) is 2.56. The van der Waals surface area contributed by atoms with Gasteiger partial charge < -0.3 is 4.74 Å². The van der Waals surface area contributed by atoms with Crippen molar-refractivity contribution in [1.29, 1.82) is 0 Å². The SMILES string of the molecule is [2H]C([2H])([2H])C(OC(=O)c1ccccc1C)C([2H])([2H])[2H]. The minimum Gasteiger partial charge on any atom is -0.459 e. The number of hydrogen-bond acceptors (Lipinski definition) is 2. The largest absolute Gasteiger partial charge is 0.459 e. The Balaban J connectivity index is 2.99. The number of carbonyl (C=O) groups is 1. The Labute approximate surface area is 87.0 Å². The van der Waals surface area contributed by atoms with E-state index in [1.165, 1.54) is 6.07 Å². The van der Waals surface area contributed by atoms with Gasteiger partial charge >= 0.3 is 5.97 Å². The van der Waals surface area contributed by atoms with E-state index in [0.717, 1.165) is 0 Å². The molecule has 0 heterocycles. The molecule has 1 aromatic rings. The Bertz CT molecular complexity index is 449. The highest BCUT2D eigenvalue weighted by molar-refractivity contribution is 5.91. The molecular weight excluding hydrogens is 164 g/mol. The van der Waals surface area contributed by atoms with Crippen LogP contribution in [0.25, 0.3) is 0 Å². The maximum absolute atomic E-state index is 11.8. The fourth-order valence-corrected chi connectivity index (χ4v) is 0.972. The van der Waals surface area contributed by atoms with Gasteiger partial charge in [-0.3, -0.25) is 0 Å². The zero-order chi connectivity index (χ0) is 14.8. The predicted molar refractivity (Wildman–Crippen MR) is 51.7 cm³/mol. The lowest BCUT2D eigenvalue weighted by molar-refractivity contribution is 0.0377. The number of hydrogen-bond donors (Lipinski definition) is 0. The standard InChI is InChI=1S/C11H14O2/c1-8(2)13-11(12)10-7-5-4-6-9(10)3/h4-8H,1-3H3/i1D3,2D3. The van der Waals surface area contributed by atoms with Crippen LogP contribution in [-0.4, -0.2) is 12.1 Å². The van der Waals surface area contributed by atoms with Crippen molar-refractivity contribution in [2.45, 2.75) is 26.7 Å². The van der Waals surface area contributed by atoms with Crippen molar-refractivity contribution in [1.82, 2.24) is 0 Å². The summed E-state index contributed by atoms with van der Waals surface area (Å²) in [5.41, 5.74) is 0.739. The summed E-state index contributed by atoms with van der Waals surface area (Å²) >= 11 is 0. The maximum Gasteiger partial charge on any atom is 0.338 e. The first-order valence-electron chi connectivity index (χ1n) is 6.80. The molecule has 1 rings (SSSR count). The summed E-state index contributed by atoms with van der Waals surface area (Å²) in [6, 6.07) is 6.39. The van der Waals surface area contributed by atoms with Gasteiger partial charge in [0.2, 0.25) is 0 Å². The van der Waals surface area contributed by atoms with Gasteiger partial charge in [0.25, 0.3) is 0 Å². The molecule has 0 atom stereocenters. The fraction of sp³-hybridized carbons (Fsp3) is 0.364. The molecule has 0 aliphatic heterocycles. The summed E-state index contributed by atoms with van der Waals surface area (Å²) < 4.78 is 47.6. The summed E-state index contributed by atoms with van der Waals surface area (Å²) in [5, 5.41) is 0. The molecule has 0 unspecified atom stereocenters. The van der Waals surface area contributed by atoms with Gasteiger partial charge in [-0.2, -0.15) is 0 Å². The minimum absolute atomic E-state index is 0.154. The molecule has 0 bridgehead atoms. The smallest absolute Gasteiger partial charge is 0.338 e. The number of esters is 1. The van der Waals surface area contributed by atoms with Gasteiger partial charge in [0.05, 0.1) is 11.7 Å². The average molecular weight is 184 g/mol. The van der Waals surface area contributed by atoms with E-state index < -0.39 is 25.8 Å². The van der Waals surface area contributed by atoms with Crippen LogP contribution in [0.2, 0.25) is 0 Å². The Morgan fingerprint density at radius 2 is 2.15 bits per heavy atom. The first-order valence-corrected chi connectivity index (χ1v) is 3.80. The van der Waals surface area contributed by atoms with Crippen LogP contribution >= 0.6 is 0 Å². The molecular formula is C11H14O2. The van der Waals surface area contributed by atoms with Gasteiger partial charge in [0.15, 0.2) is 0 Å². The molecule has 2 nitrogen and oxygen atoms in total. The molecule has 0 spiro atoms. The van der Waals surface area contributed by atoms with Crippen LogP contribution < -0.4 is 0 Å². The first-order chi connectivity index (χ1) is 8.53. The Kier molecular flexibility index (Phi) is 1.34. The molecule has 0 aromatic heterocycles. The van der Waals surface area contributed by atoms with Crippen LogP contribution in [0.3, 0.4) is 0 Å². The second-order valence-corrected chi connectivity index (χ2v) is 2.60. The van der Waals surface area contributed by atoms with E-state index in [2.05, 4.69) is 4.74 Å². The number of aryl methyl sites for hydroxylation is 1. The summed E-state index contributed by atoms with van der Waals surface area (Å²) in [5.74, 6) is -0.949. The highest BCUT2D eigenvalue weighted by atomic mass is 16.5. The summed E-state index contributed by atoms with van der Waals surface area (Å²) in [6.07, 6.45) is -2.13. The molecule has 0 radical (unpaired) electrons. The Morgan fingerprint density at radius 1 is 1.46 bits per heavy atom. The lowest BCUT2D eigenvalue weighted by Gasteiger charge is -2.09. The molecule has 13 heavy (non-hydrogen) atoms. The normalized spacial score (nSPS) is 18.9. The van der Waals surface area contributed by atoms with Crippen molar-refractivity contribution in [3.63, 3.8) is 0 Å². The van der Waals surface area contributed by atoms with E-state index in [9.17, 15) is 4.79 Å². The summed E-state index contributed by atoms with van der Waals surface area (Å²) in [6.45, 7) is -4.15. The van der Waals surface area contributed by atoms with Crippen LogP contribution in [0.15, 0.2) is 24.3 Å². The van der Waals surface area contributed by atoms with Crippen LogP contribution in [0.1, 0.15) is 37.8 Å². The van der Waals surface area contributed by atoms with Crippen molar-refractivity contribution in [2.75, 3.05) is 0 Å². The lowest BCUT2D eigenvalue weighted by Crippen LogP contribution is -2.12. The summed E-state index contributed by atoms with van der Waals surface area (Å²) in [7, 11) is 0. The van der Waals surface area contributed by atoms with Gasteiger partial charge in [0, 0.05) is 8.22 Å². The quantitative estimate of drug-likeness (QED) is 0.660. The zero-order valence-corrected chi connectivity index (χ0v) is 7.20. The molecule has 1 aromatic carbocycles. The average Bonchev–Trinajstić information content (AvgIpc) is 2.23. The van der Waals surface area contributed by atoms with E-state index in [1.54, 1.807) is 25.1 Å². The third-order valence-electron chi connectivity index (χ3n) is 1.59. The van der Waals surface area contributed by atoms with Crippen LogP contribution in [-0.2, 0) is 4.74 Å². The molecule has 0 amide bonds. The van der Waals surface area contributed by atoms with Crippen LogP contribution in [0, 0.1) is 6.92 Å². The van der Waals surface area contributed by atoms with Crippen molar-refractivity contribution >= 4 is 5.97 Å². The molecule has 0 aliphatic carbocycles. The van der Waals surface area contributed by atoms with Crippen molar-refractivity contribution in [2.24, 2.45) is 0 Å². The van der Waals surface area contributed by atoms with Gasteiger partial charge in [-0.05, 0) is 32.3 Å². The van der Waals surface area contributed by atoms with E-state index in [1.807, 2.05) is 0 Å². The van der Waals surface area contributed by atoms with Gasteiger partial charge in [-0.1, -0.05) is 18.2 Å². The zero-order valence-electron chi connectivity index (χ0n) is 13.2. The van der Waals surface area contributed by atoms with E-state index >= 15 is 0 Å². The number of benzene rings is 1. The number of carbonyl (C=O) groups excluding carboxylic acids is 1. The molecule has 70 valence electrons. The third-order valence-corrected chi connectivity index (χ3v) is 1.59. The summed E-state index contributed by atoms with van der Waals surface area (Å²) in [4.78, 5) is 11.8. The minimum atomic E-state index is -2.90. The van der Waals surface area contributed by atoms with Gasteiger partial charge in [-0.25, -0.2) is 4.79 Å². The fourth-order valence-electron chi connectivity index (χ4n) is 0.972. The van der Waals surface area contributed by atoms with Gasteiger partial charge in [-0.15, -0.1) is 0 Å². The molecule has 0 saturated carbocycles. The Morgan fingerprint density at radius 3 is 2.77 bits per heavy atom. The third kappa shape index (κ3) is 2.58. The second-order valence-electron chi connectivity index (χ2n) is 2.60. The van der Waals surface area contributed by atoms with Crippen LogP contribution in [0.5, 0.6) is 0 Å². The second kappa shape index (κ2) is 4.08. The van der Waals surface area contributed by atoms with Crippen LogP contribution in [0.4, 0.5) is 0 Å². The monoisotopic (exact) mass is 184 g/mol. The Hall–Kier alpha value is -1.31. The number of ether oxygens (including phenoxy) is 1. The topological polar surface area (TPSA) is 26.3 Å².